The smallest absolute Gasteiger partial charge is 0.244 e. The zero-order chi connectivity index (χ0) is 10.1. The Bertz CT molecular complexity index is 430. The molecule has 2 heterocycles. The zero-order valence-corrected chi connectivity index (χ0v) is 8.27. The van der Waals surface area contributed by atoms with E-state index >= 15 is 0 Å². The van der Waals surface area contributed by atoms with Crippen molar-refractivity contribution in [2.24, 2.45) is 0 Å². The topological polar surface area (TPSA) is 70.8 Å². The van der Waals surface area contributed by atoms with E-state index in [1.807, 2.05) is 25.9 Å². The number of rotatable bonds is 2. The second-order valence-corrected chi connectivity index (χ2v) is 3.14. The fourth-order valence-electron chi connectivity index (χ4n) is 1.09. The molecule has 0 aliphatic rings. The van der Waals surface area contributed by atoms with Crippen molar-refractivity contribution in [1.82, 2.24) is 20.2 Å². The van der Waals surface area contributed by atoms with E-state index in [2.05, 4.69) is 20.2 Å². The first-order valence-electron chi connectivity index (χ1n) is 4.18. The quantitative estimate of drug-likeness (QED) is 0.765. The molecule has 0 saturated carbocycles. The molecule has 2 aromatic heterocycles. The van der Waals surface area contributed by atoms with Crippen molar-refractivity contribution in [2.45, 2.75) is 6.92 Å². The summed E-state index contributed by atoms with van der Waals surface area (Å²) in [5.41, 5.74) is 0.700. The van der Waals surface area contributed by atoms with Crippen LogP contribution in [0, 0.1) is 6.92 Å². The van der Waals surface area contributed by atoms with Crippen LogP contribution >= 0.6 is 0 Å². The Morgan fingerprint density at radius 3 is 2.71 bits per heavy atom. The molecule has 74 valence electrons. The second kappa shape index (κ2) is 3.13. The molecule has 14 heavy (non-hydrogen) atoms. The largest absolute Gasteiger partial charge is 0.448 e. The molecule has 6 heteroatoms. The summed E-state index contributed by atoms with van der Waals surface area (Å²) >= 11 is 0. The second-order valence-electron chi connectivity index (χ2n) is 3.14. The molecule has 6 nitrogen and oxygen atoms in total. The first kappa shape index (κ1) is 8.74. The van der Waals surface area contributed by atoms with Crippen LogP contribution in [-0.4, -0.2) is 34.3 Å². The fourth-order valence-corrected chi connectivity index (χ4v) is 1.09. The van der Waals surface area contributed by atoms with Gasteiger partial charge in [-0.25, -0.2) is 4.98 Å². The summed E-state index contributed by atoms with van der Waals surface area (Å²) in [5.74, 6) is 1.98. The first-order valence-corrected chi connectivity index (χ1v) is 4.18. The lowest BCUT2D eigenvalue weighted by atomic mass is 10.3. The first-order chi connectivity index (χ1) is 6.68. The van der Waals surface area contributed by atoms with Crippen LogP contribution in [-0.2, 0) is 0 Å². The van der Waals surface area contributed by atoms with Crippen molar-refractivity contribution in [2.75, 3.05) is 19.0 Å². The molecule has 2 aromatic rings. The van der Waals surface area contributed by atoms with Crippen molar-refractivity contribution >= 4 is 5.95 Å². The van der Waals surface area contributed by atoms with Gasteiger partial charge in [-0.3, -0.25) is 5.10 Å². The van der Waals surface area contributed by atoms with E-state index in [0.29, 0.717) is 17.5 Å². The van der Waals surface area contributed by atoms with Gasteiger partial charge >= 0.3 is 0 Å². The highest BCUT2D eigenvalue weighted by molar-refractivity contribution is 5.52. The Morgan fingerprint density at radius 1 is 1.43 bits per heavy atom. The van der Waals surface area contributed by atoms with Gasteiger partial charge in [0.05, 0.1) is 0 Å². The fraction of sp³-hybridized carbons (Fsp3) is 0.375. The van der Waals surface area contributed by atoms with Gasteiger partial charge in [0.2, 0.25) is 5.95 Å². The van der Waals surface area contributed by atoms with Crippen molar-refractivity contribution in [1.29, 1.82) is 0 Å². The van der Waals surface area contributed by atoms with Gasteiger partial charge in [-0.05, 0) is 6.92 Å². The maximum absolute atomic E-state index is 5.08. The maximum atomic E-state index is 5.08. The molecule has 1 N–H and O–H groups in total. The van der Waals surface area contributed by atoms with Crippen molar-refractivity contribution in [3.05, 3.63) is 12.2 Å². The van der Waals surface area contributed by atoms with Crippen LogP contribution in [0.3, 0.4) is 0 Å². The number of nitrogens with zero attached hydrogens (tertiary/aromatic N) is 4. The lowest BCUT2D eigenvalue weighted by Gasteiger charge is -2.03. The average Bonchev–Trinajstić information content (AvgIpc) is 2.71. The number of hydrogen-bond donors (Lipinski definition) is 1. The molecule has 0 aliphatic heterocycles. The molecule has 0 saturated heterocycles. The summed E-state index contributed by atoms with van der Waals surface area (Å²) < 4.78 is 5.08. The highest BCUT2D eigenvalue weighted by Gasteiger charge is 2.12. The normalized spacial score (nSPS) is 10.5. The Balaban J connectivity index is 2.39. The average molecular weight is 193 g/mol. The van der Waals surface area contributed by atoms with Gasteiger partial charge in [-0.1, -0.05) is 0 Å². The number of nitrogens with one attached hydrogen (secondary N) is 1. The SMILES string of the molecule is Cc1ocnc1-c1nc(N(C)C)n[nH]1. The van der Waals surface area contributed by atoms with E-state index in [0.717, 1.165) is 5.76 Å². The highest BCUT2D eigenvalue weighted by atomic mass is 16.3. The summed E-state index contributed by atoms with van der Waals surface area (Å²) in [4.78, 5) is 10.1. The maximum Gasteiger partial charge on any atom is 0.244 e. The van der Waals surface area contributed by atoms with Crippen LogP contribution < -0.4 is 4.90 Å². The molecule has 0 aliphatic carbocycles. The summed E-state index contributed by atoms with van der Waals surface area (Å²) in [6.45, 7) is 1.83. The number of aryl methyl sites for hydroxylation is 1. The molecular formula is C8H11N5O. The number of aromatic nitrogens is 4. The summed E-state index contributed by atoms with van der Waals surface area (Å²) in [7, 11) is 3.76. The molecule has 0 amide bonds. The summed E-state index contributed by atoms with van der Waals surface area (Å²) in [6, 6.07) is 0. The van der Waals surface area contributed by atoms with Crippen LogP contribution in [0.2, 0.25) is 0 Å². The van der Waals surface area contributed by atoms with Crippen molar-refractivity contribution < 1.29 is 4.42 Å². The number of hydrogen-bond acceptors (Lipinski definition) is 5. The van der Waals surface area contributed by atoms with Gasteiger partial charge in [0, 0.05) is 14.1 Å². The van der Waals surface area contributed by atoms with Crippen LogP contribution in [0.1, 0.15) is 5.76 Å². The van der Waals surface area contributed by atoms with Gasteiger partial charge in [0.1, 0.15) is 11.5 Å². The van der Waals surface area contributed by atoms with E-state index < -0.39 is 0 Å². The van der Waals surface area contributed by atoms with Gasteiger partial charge in [0.25, 0.3) is 0 Å². The predicted octanol–water partition coefficient (Wildman–Crippen LogP) is 0.834. The number of aromatic amines is 1. The van der Waals surface area contributed by atoms with Crippen LogP contribution in [0.25, 0.3) is 11.5 Å². The Kier molecular flexibility index (Phi) is 1.95. The summed E-state index contributed by atoms with van der Waals surface area (Å²) in [5, 5.41) is 6.83. The third kappa shape index (κ3) is 1.34. The van der Waals surface area contributed by atoms with Gasteiger partial charge in [-0.2, -0.15) is 4.98 Å². The number of oxazole rings is 1. The Labute approximate surface area is 81.0 Å². The van der Waals surface area contributed by atoms with Gasteiger partial charge < -0.3 is 9.32 Å². The van der Waals surface area contributed by atoms with E-state index in [4.69, 9.17) is 4.42 Å². The highest BCUT2D eigenvalue weighted by Crippen LogP contribution is 2.18. The molecular weight excluding hydrogens is 182 g/mol. The molecule has 0 spiro atoms. The lowest BCUT2D eigenvalue weighted by Crippen LogP contribution is -2.10. The molecule has 0 atom stereocenters. The summed E-state index contributed by atoms with van der Waals surface area (Å²) in [6.07, 6.45) is 1.39. The molecule has 0 fully saturated rings. The number of H-pyrrole nitrogens is 1. The Morgan fingerprint density at radius 2 is 2.21 bits per heavy atom. The molecule has 0 aromatic carbocycles. The number of anilines is 1. The van der Waals surface area contributed by atoms with E-state index in [-0.39, 0.29) is 0 Å². The minimum absolute atomic E-state index is 0.625. The molecule has 2 rings (SSSR count). The van der Waals surface area contributed by atoms with Crippen molar-refractivity contribution in [3.8, 4) is 11.5 Å². The van der Waals surface area contributed by atoms with Crippen molar-refractivity contribution in [3.63, 3.8) is 0 Å². The van der Waals surface area contributed by atoms with Gasteiger partial charge in [0.15, 0.2) is 12.2 Å². The van der Waals surface area contributed by atoms with Crippen LogP contribution in [0.15, 0.2) is 10.8 Å². The monoisotopic (exact) mass is 193 g/mol. The van der Waals surface area contributed by atoms with Gasteiger partial charge in [-0.15, -0.1) is 5.10 Å². The molecule has 0 radical (unpaired) electrons. The zero-order valence-electron chi connectivity index (χ0n) is 8.27. The standard InChI is InChI=1S/C8H11N5O/c1-5-6(9-4-14-5)7-10-8(12-11-7)13(2)3/h4H,1-3H3,(H,10,11,12). The van der Waals surface area contributed by atoms with E-state index in [9.17, 15) is 0 Å². The molecule has 0 bridgehead atoms. The lowest BCUT2D eigenvalue weighted by molar-refractivity contribution is 0.527. The predicted molar refractivity (Wildman–Crippen MR) is 50.9 cm³/mol. The molecule has 0 unspecified atom stereocenters. The van der Waals surface area contributed by atoms with Crippen LogP contribution in [0.4, 0.5) is 5.95 Å². The van der Waals surface area contributed by atoms with Crippen LogP contribution in [0.5, 0.6) is 0 Å². The third-order valence-electron chi connectivity index (χ3n) is 1.84. The van der Waals surface area contributed by atoms with E-state index in [1.54, 1.807) is 0 Å². The Hall–Kier alpha value is -1.85. The third-order valence-corrected chi connectivity index (χ3v) is 1.84. The minimum Gasteiger partial charge on any atom is -0.448 e. The van der Waals surface area contributed by atoms with E-state index in [1.165, 1.54) is 6.39 Å². The minimum atomic E-state index is 0.625.